The fraction of sp³-hybridized carbons (Fsp3) is 0.500. The first-order chi connectivity index (χ1) is 8.72. The van der Waals surface area contributed by atoms with Gasteiger partial charge in [-0.3, -0.25) is 4.79 Å². The van der Waals surface area contributed by atoms with Gasteiger partial charge in [0.1, 0.15) is 0 Å². The van der Waals surface area contributed by atoms with Crippen LogP contribution in [-0.2, 0) is 9.53 Å². The molecular weight excluding hydrogens is 230 g/mol. The second-order valence-electron chi connectivity index (χ2n) is 4.65. The van der Waals surface area contributed by atoms with Gasteiger partial charge in [-0.2, -0.15) is 0 Å². The van der Waals surface area contributed by atoms with Crippen molar-refractivity contribution in [2.45, 2.75) is 12.5 Å². The molecule has 0 bridgehead atoms. The molecule has 0 spiro atoms. The van der Waals surface area contributed by atoms with Crippen LogP contribution in [0.25, 0.3) is 0 Å². The van der Waals surface area contributed by atoms with Gasteiger partial charge in [-0.25, -0.2) is 0 Å². The third-order valence-corrected chi connectivity index (χ3v) is 3.40. The van der Waals surface area contributed by atoms with E-state index in [9.17, 15) is 9.90 Å². The van der Waals surface area contributed by atoms with Crippen molar-refractivity contribution >= 4 is 5.91 Å². The van der Waals surface area contributed by atoms with E-state index in [1.54, 1.807) is 12.0 Å². The van der Waals surface area contributed by atoms with Crippen LogP contribution in [0.1, 0.15) is 18.1 Å². The second-order valence-corrected chi connectivity index (χ2v) is 4.65. The Bertz CT molecular complexity index is 393. The average molecular weight is 249 g/mol. The molecule has 0 radical (unpaired) electrons. The van der Waals surface area contributed by atoms with Crippen molar-refractivity contribution in [2.75, 3.05) is 26.8 Å². The van der Waals surface area contributed by atoms with Crippen LogP contribution in [0, 0.1) is 5.92 Å². The van der Waals surface area contributed by atoms with Crippen LogP contribution in [0.2, 0.25) is 0 Å². The maximum absolute atomic E-state index is 11.8. The normalized spacial score (nSPS) is 21.3. The zero-order chi connectivity index (χ0) is 13.0. The Morgan fingerprint density at radius 2 is 2.17 bits per heavy atom. The van der Waals surface area contributed by atoms with Gasteiger partial charge in [-0.05, 0) is 5.56 Å². The number of methoxy groups -OCH3 is 1. The highest BCUT2D eigenvalue weighted by atomic mass is 16.5. The molecular formula is C14H19NO3. The zero-order valence-corrected chi connectivity index (χ0v) is 10.6. The third kappa shape index (κ3) is 2.89. The van der Waals surface area contributed by atoms with Gasteiger partial charge in [0, 0.05) is 32.5 Å². The maximum Gasteiger partial charge on any atom is 0.223 e. The summed E-state index contributed by atoms with van der Waals surface area (Å²) in [6.45, 7) is 1.76. The monoisotopic (exact) mass is 249 g/mol. The first kappa shape index (κ1) is 13.1. The molecule has 2 unspecified atom stereocenters. The number of aliphatic hydroxyl groups is 1. The van der Waals surface area contributed by atoms with Gasteiger partial charge >= 0.3 is 0 Å². The van der Waals surface area contributed by atoms with E-state index < -0.39 is 6.10 Å². The molecule has 98 valence electrons. The number of rotatable bonds is 5. The Morgan fingerprint density at radius 1 is 1.44 bits per heavy atom. The molecule has 1 amide bonds. The fourth-order valence-electron chi connectivity index (χ4n) is 2.35. The Labute approximate surface area is 107 Å². The molecule has 4 heteroatoms. The summed E-state index contributed by atoms with van der Waals surface area (Å²) in [5, 5.41) is 10.3. The highest BCUT2D eigenvalue weighted by Crippen LogP contribution is 2.30. The van der Waals surface area contributed by atoms with E-state index in [-0.39, 0.29) is 11.8 Å². The molecule has 0 aliphatic carbocycles. The molecule has 18 heavy (non-hydrogen) atoms. The minimum atomic E-state index is -0.567. The van der Waals surface area contributed by atoms with Crippen molar-refractivity contribution in [3.8, 4) is 0 Å². The summed E-state index contributed by atoms with van der Waals surface area (Å²) in [6, 6.07) is 9.51. The summed E-state index contributed by atoms with van der Waals surface area (Å²) in [4.78, 5) is 13.5. The zero-order valence-electron chi connectivity index (χ0n) is 10.6. The summed E-state index contributed by atoms with van der Waals surface area (Å²) in [5.41, 5.74) is 0.879. The van der Waals surface area contributed by atoms with Crippen LogP contribution in [-0.4, -0.2) is 42.7 Å². The van der Waals surface area contributed by atoms with E-state index in [4.69, 9.17) is 4.74 Å². The molecule has 0 saturated carbocycles. The quantitative estimate of drug-likeness (QED) is 0.853. The summed E-state index contributed by atoms with van der Waals surface area (Å²) in [5.74, 6) is 0.0868. The number of ether oxygens (including phenoxy) is 1. The number of nitrogens with zero attached hydrogens (tertiary/aromatic N) is 1. The number of amides is 1. The predicted molar refractivity (Wildman–Crippen MR) is 68.0 cm³/mol. The third-order valence-electron chi connectivity index (χ3n) is 3.40. The topological polar surface area (TPSA) is 49.8 Å². The minimum absolute atomic E-state index is 0.0169. The van der Waals surface area contributed by atoms with E-state index in [0.717, 1.165) is 5.56 Å². The standard InChI is InChI=1S/C14H19NO3/c1-18-8-7-15-10-12(9-13(15)16)14(17)11-5-3-2-4-6-11/h2-6,12,14,17H,7-10H2,1H3. The summed E-state index contributed by atoms with van der Waals surface area (Å²) < 4.78 is 4.98. The SMILES string of the molecule is COCCN1CC(C(O)c2ccccc2)CC1=O. The molecule has 2 rings (SSSR count). The fourth-order valence-corrected chi connectivity index (χ4v) is 2.35. The predicted octanol–water partition coefficient (Wildman–Crippen LogP) is 1.21. The largest absolute Gasteiger partial charge is 0.388 e. The molecule has 1 aromatic carbocycles. The molecule has 0 aromatic heterocycles. The van der Waals surface area contributed by atoms with Crippen molar-refractivity contribution in [1.29, 1.82) is 0 Å². The molecule has 1 fully saturated rings. The van der Waals surface area contributed by atoms with Crippen molar-refractivity contribution in [3.63, 3.8) is 0 Å². The van der Waals surface area contributed by atoms with Crippen LogP contribution >= 0.6 is 0 Å². The minimum Gasteiger partial charge on any atom is -0.388 e. The Hall–Kier alpha value is -1.39. The van der Waals surface area contributed by atoms with Crippen molar-refractivity contribution in [2.24, 2.45) is 5.92 Å². The lowest BCUT2D eigenvalue weighted by Crippen LogP contribution is -2.29. The lowest BCUT2D eigenvalue weighted by atomic mass is 9.95. The molecule has 1 aliphatic rings. The Morgan fingerprint density at radius 3 is 2.83 bits per heavy atom. The number of likely N-dealkylation sites (tertiary alicyclic amines) is 1. The number of hydrogen-bond donors (Lipinski definition) is 1. The molecule has 4 nitrogen and oxygen atoms in total. The van der Waals surface area contributed by atoms with Crippen LogP contribution in [0.3, 0.4) is 0 Å². The number of aliphatic hydroxyl groups excluding tert-OH is 1. The Balaban J connectivity index is 1.97. The van der Waals surface area contributed by atoms with Gasteiger partial charge < -0.3 is 14.7 Å². The van der Waals surface area contributed by atoms with Crippen molar-refractivity contribution < 1.29 is 14.6 Å². The lowest BCUT2D eigenvalue weighted by molar-refractivity contribution is -0.128. The molecule has 1 saturated heterocycles. The maximum atomic E-state index is 11.8. The first-order valence-electron chi connectivity index (χ1n) is 6.22. The summed E-state index contributed by atoms with van der Waals surface area (Å²) in [6.07, 6.45) is -0.151. The van der Waals surface area contributed by atoms with Gasteiger partial charge in [-0.1, -0.05) is 30.3 Å². The average Bonchev–Trinajstić information content (AvgIpc) is 2.78. The number of carbonyl (C=O) groups excluding carboxylic acids is 1. The second kappa shape index (κ2) is 5.98. The van der Waals surface area contributed by atoms with Crippen LogP contribution in [0.5, 0.6) is 0 Å². The highest BCUT2D eigenvalue weighted by Gasteiger charge is 2.34. The molecule has 1 heterocycles. The first-order valence-corrected chi connectivity index (χ1v) is 6.22. The smallest absolute Gasteiger partial charge is 0.223 e. The van der Waals surface area contributed by atoms with Gasteiger partial charge in [0.25, 0.3) is 0 Å². The van der Waals surface area contributed by atoms with Gasteiger partial charge in [0.05, 0.1) is 12.7 Å². The lowest BCUT2D eigenvalue weighted by Gasteiger charge is -2.19. The number of carbonyl (C=O) groups is 1. The van der Waals surface area contributed by atoms with Crippen LogP contribution < -0.4 is 0 Å². The highest BCUT2D eigenvalue weighted by molar-refractivity contribution is 5.78. The van der Waals surface area contributed by atoms with Gasteiger partial charge in [-0.15, -0.1) is 0 Å². The van der Waals surface area contributed by atoms with Gasteiger partial charge in [0.2, 0.25) is 5.91 Å². The van der Waals surface area contributed by atoms with Crippen LogP contribution in [0.4, 0.5) is 0 Å². The molecule has 1 N–H and O–H groups in total. The summed E-state index contributed by atoms with van der Waals surface area (Å²) >= 11 is 0. The Kier molecular flexibility index (Phi) is 4.33. The van der Waals surface area contributed by atoms with Crippen molar-refractivity contribution in [1.82, 2.24) is 4.90 Å². The van der Waals surface area contributed by atoms with E-state index in [1.165, 1.54) is 0 Å². The van der Waals surface area contributed by atoms with E-state index in [2.05, 4.69) is 0 Å². The molecule has 2 atom stereocenters. The summed E-state index contributed by atoms with van der Waals surface area (Å²) in [7, 11) is 1.62. The van der Waals surface area contributed by atoms with Gasteiger partial charge in [0.15, 0.2) is 0 Å². The van der Waals surface area contributed by atoms with E-state index in [0.29, 0.717) is 26.1 Å². The van der Waals surface area contributed by atoms with E-state index >= 15 is 0 Å². The number of benzene rings is 1. The van der Waals surface area contributed by atoms with Crippen LogP contribution in [0.15, 0.2) is 30.3 Å². The number of hydrogen-bond acceptors (Lipinski definition) is 3. The molecule has 1 aromatic rings. The van der Waals surface area contributed by atoms with Crippen molar-refractivity contribution in [3.05, 3.63) is 35.9 Å². The molecule has 1 aliphatic heterocycles. The van der Waals surface area contributed by atoms with E-state index in [1.807, 2.05) is 30.3 Å².